The van der Waals surface area contributed by atoms with Crippen molar-refractivity contribution in [3.8, 4) is 11.5 Å². The minimum Gasteiger partial charge on any atom is -0.507 e. The molecule has 7 nitrogen and oxygen atoms in total. The maximum atomic E-state index is 13.1. The summed E-state index contributed by atoms with van der Waals surface area (Å²) < 4.78 is 16.2. The van der Waals surface area contributed by atoms with Crippen molar-refractivity contribution in [2.75, 3.05) is 14.2 Å². The average molecular weight is 433 g/mol. The Morgan fingerprint density at radius 2 is 1.72 bits per heavy atom. The zero-order chi connectivity index (χ0) is 22.8. The highest BCUT2D eigenvalue weighted by atomic mass is 16.5. The van der Waals surface area contributed by atoms with Crippen molar-refractivity contribution in [1.29, 1.82) is 0 Å². The van der Waals surface area contributed by atoms with E-state index in [1.165, 1.54) is 12.0 Å². The van der Waals surface area contributed by atoms with Crippen LogP contribution in [0.1, 0.15) is 28.7 Å². The van der Waals surface area contributed by atoms with Crippen LogP contribution in [0.3, 0.4) is 0 Å². The SMILES string of the molecule is COc1ccc(/C(O)=C2/C(=O)C(=O)N(Cc3cccc(OC)c3)C2c2ccc(C)o2)cc1. The molecule has 4 rings (SSSR count). The quantitative estimate of drug-likeness (QED) is 0.356. The van der Waals surface area contributed by atoms with Crippen LogP contribution >= 0.6 is 0 Å². The molecule has 0 radical (unpaired) electrons. The Hall–Kier alpha value is -4.00. The largest absolute Gasteiger partial charge is 0.507 e. The van der Waals surface area contributed by atoms with Crippen molar-refractivity contribution >= 4 is 17.4 Å². The highest BCUT2D eigenvalue weighted by molar-refractivity contribution is 6.46. The Balaban J connectivity index is 1.81. The number of likely N-dealkylation sites (tertiary alicyclic amines) is 1. The molecule has 1 amide bonds. The number of carbonyl (C=O) groups excluding carboxylic acids is 2. The summed E-state index contributed by atoms with van der Waals surface area (Å²) in [4.78, 5) is 27.5. The van der Waals surface area contributed by atoms with Crippen molar-refractivity contribution in [3.05, 3.63) is 88.9 Å². The van der Waals surface area contributed by atoms with Gasteiger partial charge in [-0.05, 0) is 61.0 Å². The zero-order valence-electron chi connectivity index (χ0n) is 18.0. The lowest BCUT2D eigenvalue weighted by Crippen LogP contribution is -2.29. The Morgan fingerprint density at radius 1 is 1.00 bits per heavy atom. The fourth-order valence-corrected chi connectivity index (χ4v) is 3.81. The number of ketones is 1. The van der Waals surface area contributed by atoms with Crippen molar-refractivity contribution in [2.45, 2.75) is 19.5 Å². The number of benzene rings is 2. The molecule has 1 aliphatic heterocycles. The van der Waals surface area contributed by atoms with E-state index in [9.17, 15) is 14.7 Å². The van der Waals surface area contributed by atoms with E-state index in [-0.39, 0.29) is 17.9 Å². The van der Waals surface area contributed by atoms with Gasteiger partial charge in [0.15, 0.2) is 0 Å². The molecule has 7 heteroatoms. The van der Waals surface area contributed by atoms with Crippen LogP contribution in [0.15, 0.2) is 70.7 Å². The molecule has 1 saturated heterocycles. The predicted octanol–water partition coefficient (Wildman–Crippen LogP) is 4.23. The summed E-state index contributed by atoms with van der Waals surface area (Å²) in [6.45, 7) is 1.92. The molecule has 2 heterocycles. The smallest absolute Gasteiger partial charge is 0.296 e. The third kappa shape index (κ3) is 3.85. The van der Waals surface area contributed by atoms with Gasteiger partial charge in [-0.15, -0.1) is 0 Å². The normalized spacial score (nSPS) is 17.6. The number of carbonyl (C=O) groups is 2. The molecule has 0 bridgehead atoms. The van der Waals surface area contributed by atoms with Crippen molar-refractivity contribution < 1.29 is 28.6 Å². The molecule has 1 atom stereocenters. The summed E-state index contributed by atoms with van der Waals surface area (Å²) in [5.41, 5.74) is 1.17. The number of hydrogen-bond donors (Lipinski definition) is 1. The molecule has 2 aromatic carbocycles. The van der Waals surface area contributed by atoms with Crippen molar-refractivity contribution in [3.63, 3.8) is 0 Å². The van der Waals surface area contributed by atoms with Gasteiger partial charge in [0.2, 0.25) is 0 Å². The predicted molar refractivity (Wildman–Crippen MR) is 117 cm³/mol. The van der Waals surface area contributed by atoms with Gasteiger partial charge in [-0.2, -0.15) is 0 Å². The minimum absolute atomic E-state index is 0.0163. The van der Waals surface area contributed by atoms with E-state index in [0.717, 1.165) is 5.56 Å². The standard InChI is InChI=1S/C25H23NO6/c1-15-7-12-20(32-15)22-21(23(27)17-8-10-18(30-2)11-9-17)24(28)25(29)26(22)14-16-5-4-6-19(13-16)31-3/h4-13,22,27H,14H2,1-3H3/b23-21-. The van der Waals surface area contributed by atoms with E-state index in [2.05, 4.69) is 0 Å². The van der Waals surface area contributed by atoms with Gasteiger partial charge in [0.1, 0.15) is 34.8 Å². The van der Waals surface area contributed by atoms with E-state index in [0.29, 0.717) is 28.6 Å². The monoisotopic (exact) mass is 433 g/mol. The molecule has 1 fully saturated rings. The number of aliphatic hydroxyl groups excluding tert-OH is 1. The first-order chi connectivity index (χ1) is 15.4. The Bertz CT molecular complexity index is 1190. The van der Waals surface area contributed by atoms with Gasteiger partial charge >= 0.3 is 0 Å². The molecule has 1 aliphatic rings. The van der Waals surface area contributed by atoms with Gasteiger partial charge in [-0.3, -0.25) is 9.59 Å². The average Bonchev–Trinajstić information content (AvgIpc) is 3.35. The van der Waals surface area contributed by atoms with Crippen LogP contribution in [0.25, 0.3) is 5.76 Å². The molecule has 164 valence electrons. The second-order valence-corrected chi connectivity index (χ2v) is 7.46. The Morgan fingerprint density at radius 3 is 2.34 bits per heavy atom. The number of amides is 1. The number of hydrogen-bond acceptors (Lipinski definition) is 6. The Kier molecular flexibility index (Phi) is 5.73. The number of ether oxygens (including phenoxy) is 2. The first-order valence-electron chi connectivity index (χ1n) is 10.0. The first-order valence-corrected chi connectivity index (χ1v) is 10.0. The number of methoxy groups -OCH3 is 2. The fourth-order valence-electron chi connectivity index (χ4n) is 3.81. The van der Waals surface area contributed by atoms with Gasteiger partial charge in [0, 0.05) is 12.1 Å². The molecule has 1 unspecified atom stereocenters. The topological polar surface area (TPSA) is 89.2 Å². The second-order valence-electron chi connectivity index (χ2n) is 7.46. The van der Waals surface area contributed by atoms with Crippen LogP contribution in [0.4, 0.5) is 0 Å². The number of aryl methyl sites for hydroxylation is 1. The molecular weight excluding hydrogens is 410 g/mol. The molecule has 0 aliphatic carbocycles. The lowest BCUT2D eigenvalue weighted by atomic mass is 9.99. The molecule has 0 spiro atoms. The maximum absolute atomic E-state index is 13.1. The van der Waals surface area contributed by atoms with E-state index in [4.69, 9.17) is 13.9 Å². The molecule has 1 N–H and O–H groups in total. The summed E-state index contributed by atoms with van der Waals surface area (Å²) in [6, 6.07) is 16.5. The van der Waals surface area contributed by atoms with Gasteiger partial charge in [0.05, 0.1) is 19.8 Å². The number of Topliss-reactive ketones (excluding diaryl/α,β-unsaturated/α-hetero) is 1. The van der Waals surface area contributed by atoms with E-state index in [1.807, 2.05) is 12.1 Å². The Labute approximate surface area is 185 Å². The van der Waals surface area contributed by atoms with Crippen LogP contribution in [0, 0.1) is 6.92 Å². The summed E-state index contributed by atoms with van der Waals surface area (Å²) in [5.74, 6) is 0.553. The second kappa shape index (κ2) is 8.63. The van der Waals surface area contributed by atoms with Gasteiger partial charge in [-0.1, -0.05) is 12.1 Å². The molecule has 1 aromatic heterocycles. The van der Waals surface area contributed by atoms with Crippen molar-refractivity contribution in [2.24, 2.45) is 0 Å². The van der Waals surface area contributed by atoms with Crippen LogP contribution in [-0.4, -0.2) is 35.9 Å². The summed E-state index contributed by atoms with van der Waals surface area (Å²) in [6.07, 6.45) is 0. The molecule has 3 aromatic rings. The van der Waals surface area contributed by atoms with E-state index < -0.39 is 17.7 Å². The van der Waals surface area contributed by atoms with Gasteiger partial charge < -0.3 is 23.9 Å². The summed E-state index contributed by atoms with van der Waals surface area (Å²) >= 11 is 0. The minimum atomic E-state index is -0.864. The van der Waals surface area contributed by atoms with E-state index in [1.54, 1.807) is 62.6 Å². The van der Waals surface area contributed by atoms with Crippen LogP contribution < -0.4 is 9.47 Å². The summed E-state index contributed by atoms with van der Waals surface area (Å²) in [7, 11) is 3.10. The summed E-state index contributed by atoms with van der Waals surface area (Å²) in [5, 5.41) is 11.1. The lowest BCUT2D eigenvalue weighted by Gasteiger charge is -2.23. The number of nitrogens with zero attached hydrogens (tertiary/aromatic N) is 1. The van der Waals surface area contributed by atoms with E-state index >= 15 is 0 Å². The first kappa shape index (κ1) is 21.2. The number of aliphatic hydroxyl groups is 1. The van der Waals surface area contributed by atoms with Gasteiger partial charge in [0.25, 0.3) is 11.7 Å². The third-order valence-electron chi connectivity index (χ3n) is 5.42. The highest BCUT2D eigenvalue weighted by Crippen LogP contribution is 2.41. The molecule has 0 saturated carbocycles. The van der Waals surface area contributed by atoms with Crippen molar-refractivity contribution in [1.82, 2.24) is 4.90 Å². The highest BCUT2D eigenvalue weighted by Gasteiger charge is 2.47. The van der Waals surface area contributed by atoms with Gasteiger partial charge in [-0.25, -0.2) is 0 Å². The number of rotatable bonds is 6. The lowest BCUT2D eigenvalue weighted by molar-refractivity contribution is -0.140. The van der Waals surface area contributed by atoms with Crippen LogP contribution in [0.5, 0.6) is 11.5 Å². The maximum Gasteiger partial charge on any atom is 0.296 e. The molecular formula is C25H23NO6. The number of furan rings is 1. The third-order valence-corrected chi connectivity index (χ3v) is 5.42. The molecule has 32 heavy (non-hydrogen) atoms. The zero-order valence-corrected chi connectivity index (χ0v) is 18.0. The van der Waals surface area contributed by atoms with Crippen LogP contribution in [0.2, 0.25) is 0 Å². The fraction of sp³-hybridized carbons (Fsp3) is 0.200. The van der Waals surface area contributed by atoms with Crippen LogP contribution in [-0.2, 0) is 16.1 Å².